The van der Waals surface area contributed by atoms with E-state index in [0.717, 1.165) is 17.7 Å². The zero-order valence-corrected chi connectivity index (χ0v) is 18.5. The molecule has 0 saturated carbocycles. The van der Waals surface area contributed by atoms with E-state index in [9.17, 15) is 30.4 Å². The van der Waals surface area contributed by atoms with E-state index in [-0.39, 0.29) is 10.6 Å². The highest BCUT2D eigenvalue weighted by atomic mass is 35.5. The third kappa shape index (κ3) is 4.66. The Hall–Kier alpha value is -2.08. The Morgan fingerprint density at radius 3 is 2.38 bits per heavy atom. The summed E-state index contributed by atoms with van der Waals surface area (Å²) in [6.45, 7) is 1.71. The van der Waals surface area contributed by atoms with Crippen LogP contribution >= 0.6 is 23.2 Å². The minimum atomic E-state index is -6.03. The van der Waals surface area contributed by atoms with Crippen molar-refractivity contribution < 1.29 is 30.4 Å². The van der Waals surface area contributed by atoms with E-state index in [1.165, 1.54) is 10.9 Å². The van der Waals surface area contributed by atoms with Crippen LogP contribution in [0.25, 0.3) is 10.9 Å². The second-order valence-corrected chi connectivity index (χ2v) is 9.66. The summed E-state index contributed by atoms with van der Waals surface area (Å²) in [7, 11) is -5.00. The first-order chi connectivity index (χ1) is 14.6. The molecule has 4 N–H and O–H groups in total. The molecule has 0 aliphatic carbocycles. The molecule has 0 spiro atoms. The van der Waals surface area contributed by atoms with E-state index in [1.807, 2.05) is 0 Å². The van der Waals surface area contributed by atoms with Crippen molar-refractivity contribution in [2.45, 2.75) is 36.4 Å². The van der Waals surface area contributed by atoms with Gasteiger partial charge in [0.2, 0.25) is 10.0 Å². The van der Waals surface area contributed by atoms with E-state index in [1.54, 1.807) is 25.1 Å². The Balaban J connectivity index is 2.09. The summed E-state index contributed by atoms with van der Waals surface area (Å²) in [5.74, 6) is -5.42. The Kier molecular flexibility index (Phi) is 6.42. The van der Waals surface area contributed by atoms with Crippen molar-refractivity contribution >= 4 is 49.8 Å². The first-order valence-electron chi connectivity index (χ1n) is 8.91. The normalized spacial score (nSPS) is 14.1. The lowest BCUT2D eigenvalue weighted by atomic mass is 9.99. The number of aromatic amines is 1. The van der Waals surface area contributed by atoms with E-state index >= 15 is 0 Å². The molecule has 0 fully saturated rings. The number of sulfonamides is 1. The first kappa shape index (κ1) is 24.6. The quantitative estimate of drug-likeness (QED) is 0.301. The summed E-state index contributed by atoms with van der Waals surface area (Å²) in [6.07, 6.45) is -5.75. The van der Waals surface area contributed by atoms with Crippen LogP contribution in [0.2, 0.25) is 10.0 Å². The van der Waals surface area contributed by atoms with Gasteiger partial charge in [-0.2, -0.15) is 22.0 Å². The minimum absolute atomic E-state index is 0.0437. The van der Waals surface area contributed by atoms with Gasteiger partial charge in [0.1, 0.15) is 4.90 Å². The minimum Gasteiger partial charge on any atom is -0.398 e. The van der Waals surface area contributed by atoms with Crippen LogP contribution in [0, 0.1) is 6.92 Å². The number of alkyl halides is 5. The number of nitrogens with one attached hydrogen (secondary N) is 2. The lowest BCUT2D eigenvalue weighted by Gasteiger charge is -2.29. The molecule has 0 amide bonds. The standard InChI is InChI=1S/C19H16Cl2F5N3O2S/c1-9-2-3-15-12(4-9)10(8-28-15)5-16(18(22,23)19(24,25)26)29-32(30,31)17-13(21)6-11(20)7-14(17)27/h2-4,6-8,16,28-29H,5,27H2,1H3. The van der Waals surface area contributed by atoms with Crippen molar-refractivity contribution in [2.24, 2.45) is 0 Å². The molecule has 5 nitrogen and oxygen atoms in total. The van der Waals surface area contributed by atoms with Crippen LogP contribution in [0.15, 0.2) is 41.4 Å². The highest BCUT2D eigenvalue weighted by Crippen LogP contribution is 2.41. The Morgan fingerprint density at radius 2 is 1.78 bits per heavy atom. The number of fused-ring (bicyclic) bond motifs is 1. The molecule has 3 rings (SSSR count). The smallest absolute Gasteiger partial charge is 0.398 e. The van der Waals surface area contributed by atoms with Gasteiger partial charge in [-0.25, -0.2) is 13.1 Å². The second-order valence-electron chi connectivity index (χ2n) is 7.17. The number of nitrogen functional groups attached to an aromatic ring is 1. The molecule has 0 aliphatic heterocycles. The lowest BCUT2D eigenvalue weighted by molar-refractivity contribution is -0.291. The highest BCUT2D eigenvalue weighted by Gasteiger charge is 2.63. The maximum atomic E-state index is 14.4. The van der Waals surface area contributed by atoms with E-state index < -0.39 is 50.2 Å². The maximum Gasteiger partial charge on any atom is 0.454 e. The number of halogens is 7. The number of H-pyrrole nitrogens is 1. The topological polar surface area (TPSA) is 88.0 Å². The number of hydrogen-bond donors (Lipinski definition) is 3. The molecule has 0 radical (unpaired) electrons. The van der Waals surface area contributed by atoms with Gasteiger partial charge in [0, 0.05) is 22.1 Å². The summed E-state index contributed by atoms with van der Waals surface area (Å²) >= 11 is 11.6. The molecule has 0 saturated heterocycles. The molecule has 1 heterocycles. The summed E-state index contributed by atoms with van der Waals surface area (Å²) in [6, 6.07) is 4.02. The summed E-state index contributed by atoms with van der Waals surface area (Å²) < 4.78 is 95.5. The van der Waals surface area contributed by atoms with Crippen LogP contribution in [0.5, 0.6) is 0 Å². The average molecular weight is 516 g/mol. The van der Waals surface area contributed by atoms with Crippen molar-refractivity contribution in [3.8, 4) is 0 Å². The molecule has 0 bridgehead atoms. The number of anilines is 1. The van der Waals surface area contributed by atoms with Gasteiger partial charge >= 0.3 is 12.1 Å². The molecule has 3 aromatic rings. The zero-order chi connectivity index (χ0) is 24.1. The predicted molar refractivity (Wildman–Crippen MR) is 113 cm³/mol. The number of nitrogens with two attached hydrogens (primary N) is 1. The van der Waals surface area contributed by atoms with Crippen LogP contribution in [-0.4, -0.2) is 31.5 Å². The third-order valence-corrected chi connectivity index (χ3v) is 6.98. The fourth-order valence-electron chi connectivity index (χ4n) is 3.23. The molecule has 1 atom stereocenters. The fraction of sp³-hybridized carbons (Fsp3) is 0.263. The molecule has 13 heteroatoms. The van der Waals surface area contributed by atoms with Gasteiger partial charge in [-0.05, 0) is 43.2 Å². The van der Waals surface area contributed by atoms with Crippen molar-refractivity contribution in [3.05, 3.63) is 57.7 Å². The van der Waals surface area contributed by atoms with Crippen molar-refractivity contribution in [3.63, 3.8) is 0 Å². The zero-order valence-electron chi connectivity index (χ0n) is 16.2. The Morgan fingerprint density at radius 1 is 1.12 bits per heavy atom. The fourth-order valence-corrected chi connectivity index (χ4v) is 5.45. The van der Waals surface area contributed by atoms with Gasteiger partial charge in [0.15, 0.2) is 0 Å². The largest absolute Gasteiger partial charge is 0.454 e. The molecule has 1 aromatic heterocycles. The van der Waals surface area contributed by atoms with Gasteiger partial charge in [0.25, 0.3) is 0 Å². The number of benzene rings is 2. The van der Waals surface area contributed by atoms with Gasteiger partial charge in [-0.1, -0.05) is 34.8 Å². The number of aryl methyl sites for hydroxylation is 1. The monoisotopic (exact) mass is 515 g/mol. The van der Waals surface area contributed by atoms with Gasteiger partial charge in [0.05, 0.1) is 16.8 Å². The van der Waals surface area contributed by atoms with Crippen LogP contribution in [0.3, 0.4) is 0 Å². The van der Waals surface area contributed by atoms with Crippen molar-refractivity contribution in [1.29, 1.82) is 0 Å². The molecular weight excluding hydrogens is 500 g/mol. The third-order valence-electron chi connectivity index (χ3n) is 4.77. The highest BCUT2D eigenvalue weighted by molar-refractivity contribution is 7.89. The Bertz CT molecular complexity index is 1250. The van der Waals surface area contributed by atoms with E-state index in [2.05, 4.69) is 4.98 Å². The van der Waals surface area contributed by atoms with Crippen LogP contribution in [0.4, 0.5) is 27.6 Å². The molecule has 2 aromatic carbocycles. The van der Waals surface area contributed by atoms with Crippen molar-refractivity contribution in [2.75, 3.05) is 5.73 Å². The molecular formula is C19H16Cl2F5N3O2S. The second kappa shape index (κ2) is 8.36. The first-order valence-corrected chi connectivity index (χ1v) is 11.2. The van der Waals surface area contributed by atoms with Crippen LogP contribution in [-0.2, 0) is 16.4 Å². The lowest BCUT2D eigenvalue weighted by Crippen LogP contribution is -2.56. The molecule has 1 unspecified atom stereocenters. The SMILES string of the molecule is Cc1ccc2[nH]cc(CC(NS(=O)(=O)c3c(N)cc(Cl)cc3Cl)C(F)(F)C(F)(F)F)c2c1. The summed E-state index contributed by atoms with van der Waals surface area (Å²) in [5.41, 5.74) is 6.39. The van der Waals surface area contributed by atoms with Gasteiger partial charge in [-0.15, -0.1) is 0 Å². The predicted octanol–water partition coefficient (Wildman–Crippen LogP) is 5.45. The summed E-state index contributed by atoms with van der Waals surface area (Å²) in [4.78, 5) is 1.92. The molecule has 174 valence electrons. The van der Waals surface area contributed by atoms with Crippen molar-refractivity contribution in [1.82, 2.24) is 9.71 Å². The summed E-state index contributed by atoms with van der Waals surface area (Å²) in [5, 5.41) is -0.187. The van der Waals surface area contributed by atoms with Gasteiger partial charge in [-0.3, -0.25) is 0 Å². The average Bonchev–Trinajstić information content (AvgIpc) is 3.00. The molecule has 32 heavy (non-hydrogen) atoms. The van der Waals surface area contributed by atoms with Crippen LogP contribution < -0.4 is 10.5 Å². The number of hydrogen-bond acceptors (Lipinski definition) is 3. The maximum absolute atomic E-state index is 14.4. The van der Waals surface area contributed by atoms with Gasteiger partial charge < -0.3 is 10.7 Å². The Labute approximate surface area is 189 Å². The van der Waals surface area contributed by atoms with E-state index in [0.29, 0.717) is 10.9 Å². The number of aromatic nitrogens is 1. The molecule has 0 aliphatic rings. The number of rotatable bonds is 6. The van der Waals surface area contributed by atoms with Crippen LogP contribution in [0.1, 0.15) is 11.1 Å². The van der Waals surface area contributed by atoms with E-state index in [4.69, 9.17) is 28.9 Å².